The molecule has 0 saturated carbocycles. The van der Waals surface area contributed by atoms with E-state index < -0.39 is 6.04 Å². The minimum absolute atomic E-state index is 0.144. The first-order valence-corrected chi connectivity index (χ1v) is 9.06. The molecule has 1 fully saturated rings. The molecular formula is C20H22ClN3O2. The van der Waals surface area contributed by atoms with Gasteiger partial charge in [-0.2, -0.15) is 0 Å². The second kappa shape index (κ2) is 7.79. The highest BCUT2D eigenvalue weighted by molar-refractivity contribution is 6.31. The number of rotatable bonds is 5. The Kier molecular flexibility index (Phi) is 5.47. The van der Waals surface area contributed by atoms with E-state index in [1.165, 1.54) is 0 Å². The maximum Gasteiger partial charge on any atom is 0.246 e. The lowest BCUT2D eigenvalue weighted by atomic mass is 10.2. The molecule has 0 aromatic heterocycles. The van der Waals surface area contributed by atoms with Gasteiger partial charge in [0.05, 0.1) is 0 Å². The average Bonchev–Trinajstić information content (AvgIpc) is 3.04. The Morgan fingerprint density at radius 2 is 1.92 bits per heavy atom. The van der Waals surface area contributed by atoms with Crippen LogP contribution in [0.1, 0.15) is 25.3 Å². The lowest BCUT2D eigenvalue weighted by molar-refractivity contribution is -0.117. The number of aryl methyl sites for hydroxylation is 1. The van der Waals surface area contributed by atoms with Crippen LogP contribution in [-0.4, -0.2) is 24.4 Å². The van der Waals surface area contributed by atoms with Gasteiger partial charge in [0.15, 0.2) is 0 Å². The zero-order valence-electron chi connectivity index (χ0n) is 14.9. The number of anilines is 3. The summed E-state index contributed by atoms with van der Waals surface area (Å²) < 4.78 is 0. The quantitative estimate of drug-likeness (QED) is 0.827. The van der Waals surface area contributed by atoms with E-state index in [1.807, 2.05) is 37.3 Å². The Hall–Kier alpha value is -2.53. The number of hydrogen-bond donors (Lipinski definition) is 2. The van der Waals surface area contributed by atoms with Crippen LogP contribution >= 0.6 is 11.6 Å². The maximum atomic E-state index is 12.4. The zero-order valence-corrected chi connectivity index (χ0v) is 15.6. The summed E-state index contributed by atoms with van der Waals surface area (Å²) in [6, 6.07) is 12.5. The topological polar surface area (TPSA) is 61.4 Å². The molecule has 136 valence electrons. The van der Waals surface area contributed by atoms with Crippen LogP contribution in [0.25, 0.3) is 0 Å². The summed E-state index contributed by atoms with van der Waals surface area (Å²) in [5, 5.41) is 6.65. The predicted octanol–water partition coefficient (Wildman–Crippen LogP) is 4.21. The summed E-state index contributed by atoms with van der Waals surface area (Å²) in [6.07, 6.45) is 1.51. The van der Waals surface area contributed by atoms with E-state index in [1.54, 1.807) is 24.0 Å². The van der Waals surface area contributed by atoms with Crippen molar-refractivity contribution in [2.45, 2.75) is 32.7 Å². The second-order valence-electron chi connectivity index (χ2n) is 6.51. The van der Waals surface area contributed by atoms with E-state index in [0.29, 0.717) is 17.1 Å². The first-order valence-electron chi connectivity index (χ1n) is 8.68. The Labute approximate surface area is 158 Å². The number of amides is 2. The van der Waals surface area contributed by atoms with Crippen LogP contribution in [0.5, 0.6) is 0 Å². The summed E-state index contributed by atoms with van der Waals surface area (Å²) in [5.74, 6) is 0.0181. The zero-order chi connectivity index (χ0) is 18.7. The van der Waals surface area contributed by atoms with Crippen LogP contribution in [0, 0.1) is 6.92 Å². The van der Waals surface area contributed by atoms with Gasteiger partial charge in [-0.05, 0) is 62.2 Å². The summed E-state index contributed by atoms with van der Waals surface area (Å²) in [7, 11) is 0. The van der Waals surface area contributed by atoms with Crippen LogP contribution in [0.2, 0.25) is 5.02 Å². The number of nitrogens with zero attached hydrogens (tertiary/aromatic N) is 1. The standard InChI is InChI=1S/C20H22ClN3O2/c1-13-5-6-15(21)12-18(13)23-20(26)14(2)22-16-7-9-17(10-8-16)24-11-3-4-19(24)25/h5-10,12,14,22H,3-4,11H2,1-2H3,(H,23,26). The third kappa shape index (κ3) is 4.17. The second-order valence-corrected chi connectivity index (χ2v) is 6.95. The molecule has 0 spiro atoms. The molecule has 1 aliphatic rings. The van der Waals surface area contributed by atoms with Gasteiger partial charge in [0, 0.05) is 35.1 Å². The lowest BCUT2D eigenvalue weighted by Crippen LogP contribution is -2.32. The van der Waals surface area contributed by atoms with Crippen LogP contribution < -0.4 is 15.5 Å². The largest absolute Gasteiger partial charge is 0.374 e. The average molecular weight is 372 g/mol. The van der Waals surface area contributed by atoms with Crippen molar-refractivity contribution in [2.24, 2.45) is 0 Å². The van der Waals surface area contributed by atoms with E-state index in [4.69, 9.17) is 11.6 Å². The van der Waals surface area contributed by atoms with Crippen molar-refractivity contribution in [3.63, 3.8) is 0 Å². The van der Waals surface area contributed by atoms with Gasteiger partial charge in [-0.25, -0.2) is 0 Å². The molecule has 3 rings (SSSR count). The van der Waals surface area contributed by atoms with Crippen molar-refractivity contribution in [3.8, 4) is 0 Å². The molecule has 26 heavy (non-hydrogen) atoms. The molecular weight excluding hydrogens is 350 g/mol. The number of halogens is 1. The smallest absolute Gasteiger partial charge is 0.246 e. The first-order chi connectivity index (χ1) is 12.4. The Morgan fingerprint density at radius 3 is 2.58 bits per heavy atom. The van der Waals surface area contributed by atoms with Gasteiger partial charge < -0.3 is 15.5 Å². The molecule has 1 aliphatic heterocycles. The number of nitrogens with one attached hydrogen (secondary N) is 2. The molecule has 2 aromatic carbocycles. The van der Waals surface area contributed by atoms with Crippen molar-refractivity contribution in [3.05, 3.63) is 53.1 Å². The third-order valence-electron chi connectivity index (χ3n) is 4.49. The highest BCUT2D eigenvalue weighted by atomic mass is 35.5. The molecule has 1 atom stereocenters. The van der Waals surface area contributed by atoms with E-state index in [-0.39, 0.29) is 11.8 Å². The molecule has 1 saturated heterocycles. The molecule has 0 bridgehead atoms. The fourth-order valence-electron chi connectivity index (χ4n) is 2.94. The van der Waals surface area contributed by atoms with Gasteiger partial charge in [0.2, 0.25) is 11.8 Å². The van der Waals surface area contributed by atoms with Gasteiger partial charge in [0.1, 0.15) is 6.04 Å². The van der Waals surface area contributed by atoms with E-state index in [9.17, 15) is 9.59 Å². The first kappa shape index (κ1) is 18.3. The number of carbonyl (C=O) groups is 2. The molecule has 2 N–H and O–H groups in total. The molecule has 0 aliphatic carbocycles. The summed E-state index contributed by atoms with van der Waals surface area (Å²) in [6.45, 7) is 4.49. The van der Waals surface area contributed by atoms with Gasteiger partial charge >= 0.3 is 0 Å². The van der Waals surface area contributed by atoms with Crippen LogP contribution in [-0.2, 0) is 9.59 Å². The van der Waals surface area contributed by atoms with Crippen LogP contribution in [0.4, 0.5) is 17.1 Å². The van der Waals surface area contributed by atoms with Gasteiger partial charge in [-0.1, -0.05) is 17.7 Å². The fraction of sp³-hybridized carbons (Fsp3) is 0.300. The van der Waals surface area contributed by atoms with Gasteiger partial charge in [0.25, 0.3) is 0 Å². The summed E-state index contributed by atoms with van der Waals surface area (Å²) >= 11 is 5.99. The monoisotopic (exact) mass is 371 g/mol. The minimum atomic E-state index is -0.423. The molecule has 6 heteroatoms. The van der Waals surface area contributed by atoms with E-state index >= 15 is 0 Å². The van der Waals surface area contributed by atoms with Crippen molar-refractivity contribution >= 4 is 40.5 Å². The van der Waals surface area contributed by atoms with Crippen LogP contribution in [0.15, 0.2) is 42.5 Å². The van der Waals surface area contributed by atoms with Gasteiger partial charge in [-0.3, -0.25) is 9.59 Å². The molecule has 1 unspecified atom stereocenters. The van der Waals surface area contributed by atoms with Crippen molar-refractivity contribution in [2.75, 3.05) is 22.1 Å². The molecule has 0 radical (unpaired) electrons. The molecule has 5 nitrogen and oxygen atoms in total. The lowest BCUT2D eigenvalue weighted by Gasteiger charge is -2.18. The van der Waals surface area contributed by atoms with E-state index in [2.05, 4.69) is 10.6 Å². The Bertz CT molecular complexity index is 820. The predicted molar refractivity (Wildman–Crippen MR) is 106 cm³/mol. The van der Waals surface area contributed by atoms with Crippen molar-refractivity contribution in [1.29, 1.82) is 0 Å². The highest BCUT2D eigenvalue weighted by Gasteiger charge is 2.21. The highest BCUT2D eigenvalue weighted by Crippen LogP contribution is 2.24. The molecule has 1 heterocycles. The van der Waals surface area contributed by atoms with Crippen molar-refractivity contribution in [1.82, 2.24) is 0 Å². The molecule has 2 aromatic rings. The number of carbonyl (C=O) groups excluding carboxylic acids is 2. The fourth-order valence-corrected chi connectivity index (χ4v) is 3.12. The van der Waals surface area contributed by atoms with Crippen molar-refractivity contribution < 1.29 is 9.59 Å². The van der Waals surface area contributed by atoms with Gasteiger partial charge in [-0.15, -0.1) is 0 Å². The number of hydrogen-bond acceptors (Lipinski definition) is 3. The normalized spacial score (nSPS) is 15.0. The Balaban J connectivity index is 1.62. The summed E-state index contributed by atoms with van der Waals surface area (Å²) in [5.41, 5.74) is 3.38. The third-order valence-corrected chi connectivity index (χ3v) is 4.72. The molecule has 2 amide bonds. The van der Waals surface area contributed by atoms with E-state index in [0.717, 1.165) is 29.9 Å². The summed E-state index contributed by atoms with van der Waals surface area (Å²) in [4.78, 5) is 26.0. The SMILES string of the molecule is Cc1ccc(Cl)cc1NC(=O)C(C)Nc1ccc(N2CCCC2=O)cc1. The minimum Gasteiger partial charge on any atom is -0.374 e. The Morgan fingerprint density at radius 1 is 1.19 bits per heavy atom. The van der Waals surface area contributed by atoms with Crippen LogP contribution in [0.3, 0.4) is 0 Å². The maximum absolute atomic E-state index is 12.4. The number of benzene rings is 2.